The summed E-state index contributed by atoms with van der Waals surface area (Å²) >= 11 is 1.58. The summed E-state index contributed by atoms with van der Waals surface area (Å²) in [5, 5.41) is 8.82. The number of ether oxygens (including phenoxy) is 1. The third kappa shape index (κ3) is 4.96. The van der Waals surface area contributed by atoms with E-state index in [1.54, 1.807) is 18.4 Å². The summed E-state index contributed by atoms with van der Waals surface area (Å²) in [6.07, 6.45) is 1.54. The van der Waals surface area contributed by atoms with E-state index in [9.17, 15) is 4.79 Å². The average Bonchev–Trinajstić information content (AvgIpc) is 2.99. The quantitative estimate of drug-likeness (QED) is 0.816. The molecule has 0 aliphatic carbocycles. The van der Waals surface area contributed by atoms with Gasteiger partial charge in [0.2, 0.25) is 0 Å². The predicted octanol–water partition coefficient (Wildman–Crippen LogP) is 3.45. The molecule has 1 aromatic heterocycles. The van der Waals surface area contributed by atoms with Crippen LogP contribution in [0.4, 0.5) is 4.79 Å². The number of aryl methyl sites for hydroxylation is 1. The molecule has 6 heteroatoms. The Bertz CT molecular complexity index is 642. The van der Waals surface area contributed by atoms with Gasteiger partial charge in [0.1, 0.15) is 10.8 Å². The van der Waals surface area contributed by atoms with Gasteiger partial charge in [0, 0.05) is 17.6 Å². The van der Waals surface area contributed by atoms with E-state index in [1.807, 2.05) is 43.5 Å². The van der Waals surface area contributed by atoms with E-state index in [-0.39, 0.29) is 12.1 Å². The molecule has 0 spiro atoms. The summed E-state index contributed by atoms with van der Waals surface area (Å²) < 4.78 is 5.31. The minimum Gasteiger partial charge on any atom is -0.496 e. The number of amides is 2. The highest BCUT2D eigenvalue weighted by Crippen LogP contribution is 2.20. The van der Waals surface area contributed by atoms with E-state index < -0.39 is 0 Å². The normalized spacial score (nSPS) is 11.8. The molecule has 0 aliphatic rings. The number of carbonyl (C=O) groups is 1. The molecule has 2 amide bonds. The summed E-state index contributed by atoms with van der Waals surface area (Å²) in [6.45, 7) is 4.55. The van der Waals surface area contributed by atoms with Crippen molar-refractivity contribution in [2.24, 2.45) is 0 Å². The van der Waals surface area contributed by atoms with Gasteiger partial charge in [0.25, 0.3) is 0 Å². The van der Waals surface area contributed by atoms with E-state index in [4.69, 9.17) is 4.74 Å². The number of carbonyl (C=O) groups excluding carboxylic acids is 1. The number of hydrogen-bond donors (Lipinski definition) is 2. The summed E-state index contributed by atoms with van der Waals surface area (Å²) in [7, 11) is 1.65. The Balaban J connectivity index is 1.82. The van der Waals surface area contributed by atoms with Crippen molar-refractivity contribution in [2.45, 2.75) is 32.7 Å². The van der Waals surface area contributed by atoms with Gasteiger partial charge in [-0.05, 0) is 31.4 Å². The number of rotatable bonds is 7. The summed E-state index contributed by atoms with van der Waals surface area (Å²) in [5.41, 5.74) is 2.07. The Morgan fingerprint density at radius 2 is 2.17 bits per heavy atom. The van der Waals surface area contributed by atoms with Crippen molar-refractivity contribution in [3.8, 4) is 5.75 Å². The molecule has 0 aliphatic heterocycles. The molecule has 0 unspecified atom stereocenters. The average molecular weight is 333 g/mol. The summed E-state index contributed by atoms with van der Waals surface area (Å²) in [6, 6.07) is 7.62. The highest BCUT2D eigenvalue weighted by atomic mass is 32.1. The fourth-order valence-corrected chi connectivity index (χ4v) is 3.23. The molecular formula is C17H23N3O2S. The van der Waals surface area contributed by atoms with Gasteiger partial charge in [-0.1, -0.05) is 25.1 Å². The lowest BCUT2D eigenvalue weighted by Crippen LogP contribution is -2.38. The third-order valence-electron chi connectivity index (χ3n) is 3.52. The number of benzene rings is 1. The van der Waals surface area contributed by atoms with E-state index in [0.717, 1.165) is 34.9 Å². The number of nitrogens with one attached hydrogen (secondary N) is 2. The van der Waals surface area contributed by atoms with E-state index in [0.29, 0.717) is 6.54 Å². The highest BCUT2D eigenvalue weighted by Gasteiger charge is 2.15. The van der Waals surface area contributed by atoms with Crippen molar-refractivity contribution in [1.29, 1.82) is 0 Å². The Morgan fingerprint density at radius 1 is 1.39 bits per heavy atom. The fourth-order valence-electron chi connectivity index (χ4n) is 2.30. The van der Waals surface area contributed by atoms with Crippen LogP contribution in [-0.4, -0.2) is 24.7 Å². The molecule has 2 rings (SSSR count). The van der Waals surface area contributed by atoms with Crippen molar-refractivity contribution in [3.63, 3.8) is 0 Å². The van der Waals surface area contributed by atoms with Crippen molar-refractivity contribution in [3.05, 3.63) is 45.9 Å². The van der Waals surface area contributed by atoms with Crippen LogP contribution in [0.3, 0.4) is 0 Å². The maximum Gasteiger partial charge on any atom is 0.315 e. The van der Waals surface area contributed by atoms with E-state index in [1.165, 1.54) is 0 Å². The van der Waals surface area contributed by atoms with Crippen LogP contribution in [0.5, 0.6) is 5.75 Å². The first-order valence-electron chi connectivity index (χ1n) is 7.72. The Labute approximate surface area is 141 Å². The molecule has 1 heterocycles. The molecule has 0 radical (unpaired) electrons. The number of thiazole rings is 1. The molecule has 0 fully saturated rings. The molecular weight excluding hydrogens is 310 g/mol. The molecule has 124 valence electrons. The Kier molecular flexibility index (Phi) is 6.40. The monoisotopic (exact) mass is 333 g/mol. The number of hydrogen-bond acceptors (Lipinski definition) is 4. The zero-order valence-corrected chi connectivity index (χ0v) is 14.6. The van der Waals surface area contributed by atoms with Gasteiger partial charge in [-0.25, -0.2) is 9.78 Å². The lowest BCUT2D eigenvalue weighted by Gasteiger charge is -2.15. The van der Waals surface area contributed by atoms with Gasteiger partial charge in [0.05, 0.1) is 13.2 Å². The molecule has 0 bridgehead atoms. The lowest BCUT2D eigenvalue weighted by molar-refractivity contribution is 0.236. The van der Waals surface area contributed by atoms with Gasteiger partial charge in [-0.3, -0.25) is 0 Å². The maximum atomic E-state index is 12.1. The van der Waals surface area contributed by atoms with Crippen molar-refractivity contribution < 1.29 is 9.53 Å². The van der Waals surface area contributed by atoms with Gasteiger partial charge >= 0.3 is 6.03 Å². The van der Waals surface area contributed by atoms with Crippen LogP contribution < -0.4 is 15.4 Å². The number of urea groups is 1. The Morgan fingerprint density at radius 3 is 2.83 bits per heavy atom. The Hall–Kier alpha value is -2.08. The minimum atomic E-state index is -0.167. The minimum absolute atomic E-state index is 0.0417. The lowest BCUT2D eigenvalue weighted by atomic mass is 10.1. The first-order valence-corrected chi connectivity index (χ1v) is 8.60. The van der Waals surface area contributed by atoms with Crippen LogP contribution in [0, 0.1) is 6.92 Å². The van der Waals surface area contributed by atoms with Gasteiger partial charge < -0.3 is 15.4 Å². The number of nitrogens with zero attached hydrogens (tertiary/aromatic N) is 1. The second kappa shape index (κ2) is 8.53. The van der Waals surface area contributed by atoms with Gasteiger partial charge in [0.15, 0.2) is 0 Å². The largest absolute Gasteiger partial charge is 0.496 e. The molecule has 5 nitrogen and oxygen atoms in total. The molecule has 1 atom stereocenters. The van der Waals surface area contributed by atoms with Crippen molar-refractivity contribution in [1.82, 2.24) is 15.6 Å². The molecule has 2 N–H and O–H groups in total. The topological polar surface area (TPSA) is 63.2 Å². The number of para-hydroxylation sites is 1. The zero-order valence-electron chi connectivity index (χ0n) is 13.8. The van der Waals surface area contributed by atoms with Crippen LogP contribution in [0.2, 0.25) is 0 Å². The first kappa shape index (κ1) is 17.3. The molecule has 0 saturated carbocycles. The van der Waals surface area contributed by atoms with Crippen LogP contribution in [0.15, 0.2) is 29.6 Å². The molecule has 0 saturated heterocycles. The van der Waals surface area contributed by atoms with Crippen molar-refractivity contribution in [2.75, 3.05) is 13.7 Å². The number of aromatic nitrogens is 1. The number of methoxy groups -OCH3 is 1. The van der Waals surface area contributed by atoms with Crippen LogP contribution in [0.25, 0.3) is 0 Å². The van der Waals surface area contributed by atoms with Crippen LogP contribution in [0.1, 0.15) is 35.7 Å². The second-order valence-corrected chi connectivity index (χ2v) is 6.14. The van der Waals surface area contributed by atoms with Crippen LogP contribution in [-0.2, 0) is 6.42 Å². The molecule has 23 heavy (non-hydrogen) atoms. The van der Waals surface area contributed by atoms with Crippen molar-refractivity contribution >= 4 is 17.4 Å². The molecule has 1 aromatic carbocycles. The maximum absolute atomic E-state index is 12.1. The fraction of sp³-hybridized carbons (Fsp3) is 0.412. The zero-order chi connectivity index (χ0) is 16.7. The predicted molar refractivity (Wildman–Crippen MR) is 93.1 cm³/mol. The van der Waals surface area contributed by atoms with Crippen LogP contribution >= 0.6 is 11.3 Å². The standard InChI is InChI=1S/C17H23N3O2S/c1-4-14(16-19-12(2)11-23-16)20-17(21)18-10-9-13-7-5-6-8-15(13)22-3/h5-8,11,14H,4,9-10H2,1-3H3,(H2,18,20,21)/t14-/m0/s1. The smallest absolute Gasteiger partial charge is 0.315 e. The van der Waals surface area contributed by atoms with E-state index >= 15 is 0 Å². The highest BCUT2D eigenvalue weighted by molar-refractivity contribution is 7.09. The van der Waals surface area contributed by atoms with E-state index in [2.05, 4.69) is 15.6 Å². The summed E-state index contributed by atoms with van der Waals surface area (Å²) in [4.78, 5) is 16.5. The van der Waals surface area contributed by atoms with Gasteiger partial charge in [-0.15, -0.1) is 11.3 Å². The first-order chi connectivity index (χ1) is 11.1. The van der Waals surface area contributed by atoms with Gasteiger partial charge in [-0.2, -0.15) is 0 Å². The SMILES string of the molecule is CC[C@H](NC(=O)NCCc1ccccc1OC)c1nc(C)cs1. The summed E-state index contributed by atoms with van der Waals surface area (Å²) in [5.74, 6) is 0.847. The third-order valence-corrected chi connectivity index (χ3v) is 4.60. The second-order valence-electron chi connectivity index (χ2n) is 5.25. The molecule has 2 aromatic rings.